The van der Waals surface area contributed by atoms with Crippen molar-refractivity contribution in [2.24, 2.45) is 0 Å². The molecule has 1 amide bonds. The molecule has 6 nitrogen and oxygen atoms in total. The molecule has 0 radical (unpaired) electrons. The molecule has 140 valence electrons. The van der Waals surface area contributed by atoms with Gasteiger partial charge in [-0.1, -0.05) is 0 Å². The monoisotopic (exact) mass is 356 g/mol. The number of amides is 1. The van der Waals surface area contributed by atoms with Gasteiger partial charge in [-0.3, -0.25) is 9.69 Å². The van der Waals surface area contributed by atoms with Gasteiger partial charge in [0.1, 0.15) is 5.75 Å². The molecule has 2 aromatic rings. The van der Waals surface area contributed by atoms with E-state index in [-0.39, 0.29) is 5.91 Å². The molecule has 0 N–H and O–H groups in total. The van der Waals surface area contributed by atoms with Crippen molar-refractivity contribution in [1.82, 2.24) is 19.4 Å². The molecule has 3 rings (SSSR count). The predicted molar refractivity (Wildman–Crippen MR) is 101 cm³/mol. The second kappa shape index (κ2) is 7.91. The minimum absolute atomic E-state index is 0.0606. The molecule has 0 saturated heterocycles. The quantitative estimate of drug-likeness (QED) is 0.827. The number of carbonyl (C=O) groups is 1. The predicted octanol–water partition coefficient (Wildman–Crippen LogP) is 2.78. The lowest BCUT2D eigenvalue weighted by atomic mass is 10.1. The standard InChI is InChI=1S/C20H28N4O2/c1-15(2)22(3)12-18-19-13-23(10-5-11-24(19)14-21-18)20(25)16-6-8-17(26-4)9-7-16/h6-9,14-15H,5,10-13H2,1-4H3. The molecule has 0 fully saturated rings. The lowest BCUT2D eigenvalue weighted by Crippen LogP contribution is -2.32. The Morgan fingerprint density at radius 1 is 1.27 bits per heavy atom. The van der Waals surface area contributed by atoms with Crippen LogP contribution in [0.4, 0.5) is 0 Å². The van der Waals surface area contributed by atoms with E-state index in [0.29, 0.717) is 18.2 Å². The van der Waals surface area contributed by atoms with E-state index >= 15 is 0 Å². The fourth-order valence-electron chi connectivity index (χ4n) is 3.16. The third kappa shape index (κ3) is 3.90. The van der Waals surface area contributed by atoms with Crippen molar-refractivity contribution in [1.29, 1.82) is 0 Å². The Morgan fingerprint density at radius 2 is 2.00 bits per heavy atom. The van der Waals surface area contributed by atoms with Crippen molar-refractivity contribution in [3.8, 4) is 5.75 Å². The second-order valence-corrected chi connectivity index (χ2v) is 7.15. The van der Waals surface area contributed by atoms with Gasteiger partial charge in [0.2, 0.25) is 0 Å². The number of hydrogen-bond donors (Lipinski definition) is 0. The third-order valence-electron chi connectivity index (χ3n) is 5.11. The number of nitrogens with zero attached hydrogens (tertiary/aromatic N) is 4. The first kappa shape index (κ1) is 18.5. The molecule has 0 aliphatic carbocycles. The highest BCUT2D eigenvalue weighted by Crippen LogP contribution is 2.20. The molecule has 1 aromatic heterocycles. The van der Waals surface area contributed by atoms with Gasteiger partial charge in [0.05, 0.1) is 31.4 Å². The molecule has 0 unspecified atom stereocenters. The van der Waals surface area contributed by atoms with E-state index < -0.39 is 0 Å². The van der Waals surface area contributed by atoms with Gasteiger partial charge in [0.15, 0.2) is 0 Å². The number of carbonyl (C=O) groups excluding carboxylic acids is 1. The Hall–Kier alpha value is -2.34. The third-order valence-corrected chi connectivity index (χ3v) is 5.11. The van der Waals surface area contributed by atoms with Crippen molar-refractivity contribution in [2.45, 2.75) is 45.9 Å². The number of imidazole rings is 1. The van der Waals surface area contributed by atoms with E-state index in [4.69, 9.17) is 4.74 Å². The summed E-state index contributed by atoms with van der Waals surface area (Å²) in [7, 11) is 3.73. The van der Waals surface area contributed by atoms with Crippen molar-refractivity contribution in [3.05, 3.63) is 47.5 Å². The summed E-state index contributed by atoms with van der Waals surface area (Å²) in [4.78, 5) is 21.8. The van der Waals surface area contributed by atoms with Crippen LogP contribution in [0.2, 0.25) is 0 Å². The highest BCUT2D eigenvalue weighted by atomic mass is 16.5. The summed E-state index contributed by atoms with van der Waals surface area (Å²) in [5.41, 5.74) is 2.91. The maximum absolute atomic E-state index is 13.0. The largest absolute Gasteiger partial charge is 0.497 e. The van der Waals surface area contributed by atoms with Crippen LogP contribution in [0, 0.1) is 0 Å². The molecule has 0 bridgehead atoms. The zero-order valence-corrected chi connectivity index (χ0v) is 16.1. The van der Waals surface area contributed by atoms with Gasteiger partial charge in [0, 0.05) is 31.2 Å². The van der Waals surface area contributed by atoms with Crippen LogP contribution in [-0.4, -0.2) is 52.0 Å². The van der Waals surface area contributed by atoms with Gasteiger partial charge in [-0.2, -0.15) is 0 Å². The van der Waals surface area contributed by atoms with Gasteiger partial charge in [-0.05, 0) is 51.6 Å². The minimum atomic E-state index is 0.0606. The van der Waals surface area contributed by atoms with Crippen LogP contribution in [-0.2, 0) is 19.6 Å². The van der Waals surface area contributed by atoms with Crippen molar-refractivity contribution >= 4 is 5.91 Å². The molecular weight excluding hydrogens is 328 g/mol. The van der Waals surface area contributed by atoms with Crippen molar-refractivity contribution in [3.63, 3.8) is 0 Å². The molecule has 1 aliphatic rings. The number of aromatic nitrogens is 2. The molecule has 1 aromatic carbocycles. The molecule has 2 heterocycles. The first-order valence-corrected chi connectivity index (χ1v) is 9.16. The first-order chi connectivity index (χ1) is 12.5. The van der Waals surface area contributed by atoms with Gasteiger partial charge in [-0.15, -0.1) is 0 Å². The normalized spacial score (nSPS) is 14.5. The van der Waals surface area contributed by atoms with Crippen molar-refractivity contribution < 1.29 is 9.53 Å². The Morgan fingerprint density at radius 3 is 2.65 bits per heavy atom. The lowest BCUT2D eigenvalue weighted by Gasteiger charge is -2.23. The number of hydrogen-bond acceptors (Lipinski definition) is 4. The van der Waals surface area contributed by atoms with E-state index in [1.165, 1.54) is 0 Å². The van der Waals surface area contributed by atoms with Crippen LogP contribution >= 0.6 is 0 Å². The number of ether oxygens (including phenoxy) is 1. The fraction of sp³-hybridized carbons (Fsp3) is 0.500. The van der Waals surface area contributed by atoms with E-state index in [1.54, 1.807) is 7.11 Å². The van der Waals surface area contributed by atoms with E-state index in [9.17, 15) is 4.79 Å². The van der Waals surface area contributed by atoms with Crippen molar-refractivity contribution in [2.75, 3.05) is 20.7 Å². The van der Waals surface area contributed by atoms with Crippen LogP contribution in [0.5, 0.6) is 5.75 Å². The summed E-state index contributed by atoms with van der Waals surface area (Å²) in [6.45, 7) is 7.41. The zero-order valence-electron chi connectivity index (χ0n) is 16.1. The molecule has 0 spiro atoms. The summed E-state index contributed by atoms with van der Waals surface area (Å²) in [5, 5.41) is 0. The van der Waals surface area contributed by atoms with Crippen LogP contribution in [0.15, 0.2) is 30.6 Å². The number of methoxy groups -OCH3 is 1. The fourth-order valence-corrected chi connectivity index (χ4v) is 3.16. The molecular formula is C20H28N4O2. The van der Waals surface area contributed by atoms with Gasteiger partial charge >= 0.3 is 0 Å². The Labute approximate surface area is 155 Å². The highest BCUT2D eigenvalue weighted by Gasteiger charge is 2.23. The van der Waals surface area contributed by atoms with Crippen LogP contribution in [0.1, 0.15) is 42.0 Å². The van der Waals surface area contributed by atoms with Crippen LogP contribution < -0.4 is 4.74 Å². The smallest absolute Gasteiger partial charge is 0.254 e. The Kier molecular flexibility index (Phi) is 5.61. The number of aryl methyl sites for hydroxylation is 1. The van der Waals surface area contributed by atoms with Gasteiger partial charge in [0.25, 0.3) is 5.91 Å². The molecule has 1 aliphatic heterocycles. The number of benzene rings is 1. The SMILES string of the molecule is COc1ccc(C(=O)N2CCCn3cnc(CN(C)C(C)C)c3C2)cc1. The van der Waals surface area contributed by atoms with E-state index in [0.717, 1.165) is 43.2 Å². The second-order valence-electron chi connectivity index (χ2n) is 7.15. The summed E-state index contributed by atoms with van der Waals surface area (Å²) in [6, 6.07) is 7.78. The van der Waals surface area contributed by atoms with Crippen LogP contribution in [0.3, 0.4) is 0 Å². The van der Waals surface area contributed by atoms with Crippen LogP contribution in [0.25, 0.3) is 0 Å². The van der Waals surface area contributed by atoms with E-state index in [2.05, 4.69) is 35.3 Å². The molecule has 26 heavy (non-hydrogen) atoms. The average Bonchev–Trinajstić information content (AvgIpc) is 2.89. The summed E-state index contributed by atoms with van der Waals surface area (Å²) >= 11 is 0. The molecule has 0 atom stereocenters. The Balaban J connectivity index is 1.79. The lowest BCUT2D eigenvalue weighted by molar-refractivity contribution is 0.0745. The maximum atomic E-state index is 13.0. The zero-order chi connectivity index (χ0) is 18.7. The summed E-state index contributed by atoms with van der Waals surface area (Å²) in [6.07, 6.45) is 2.85. The average molecular weight is 356 g/mol. The summed E-state index contributed by atoms with van der Waals surface area (Å²) < 4.78 is 7.38. The molecule has 6 heteroatoms. The van der Waals surface area contributed by atoms with E-state index in [1.807, 2.05) is 35.5 Å². The van der Waals surface area contributed by atoms with Gasteiger partial charge < -0.3 is 14.2 Å². The molecule has 0 saturated carbocycles. The summed E-state index contributed by atoms with van der Waals surface area (Å²) in [5.74, 6) is 0.819. The van der Waals surface area contributed by atoms with Gasteiger partial charge in [-0.25, -0.2) is 4.98 Å². The highest BCUT2D eigenvalue weighted by molar-refractivity contribution is 5.94. The number of fused-ring (bicyclic) bond motifs is 1. The number of rotatable bonds is 5. The Bertz CT molecular complexity index is 752. The first-order valence-electron chi connectivity index (χ1n) is 9.16. The maximum Gasteiger partial charge on any atom is 0.254 e. The topological polar surface area (TPSA) is 50.6 Å². The minimum Gasteiger partial charge on any atom is -0.497 e.